The Bertz CT molecular complexity index is 957. The number of hydrogen-bond donors (Lipinski definition) is 1. The van der Waals surface area contributed by atoms with Crippen molar-refractivity contribution in [2.24, 2.45) is 17.1 Å². The van der Waals surface area contributed by atoms with Crippen molar-refractivity contribution in [2.75, 3.05) is 0 Å². The van der Waals surface area contributed by atoms with Gasteiger partial charge in [0.15, 0.2) is 5.41 Å². The molecule has 128 valence electrons. The van der Waals surface area contributed by atoms with Crippen LogP contribution in [0.2, 0.25) is 0 Å². The van der Waals surface area contributed by atoms with Gasteiger partial charge in [0.2, 0.25) is 0 Å². The molecule has 2 N–H and O–H groups in total. The topological polar surface area (TPSA) is 141 Å². The predicted molar refractivity (Wildman–Crippen MR) is 91.7 cm³/mol. The zero-order valence-corrected chi connectivity index (χ0v) is 13.8. The molecule has 0 saturated heterocycles. The summed E-state index contributed by atoms with van der Waals surface area (Å²) >= 11 is 0. The van der Waals surface area contributed by atoms with Crippen LogP contribution in [0.4, 0.5) is 5.69 Å². The molecule has 3 rings (SSSR count). The Labute approximate surface area is 150 Å². The summed E-state index contributed by atoms with van der Waals surface area (Å²) in [6.07, 6.45) is 4.31. The summed E-state index contributed by atoms with van der Waals surface area (Å²) in [7, 11) is 0. The zero-order chi connectivity index (χ0) is 18.9. The monoisotopic (exact) mass is 345 g/mol. The Morgan fingerprint density at radius 1 is 1.27 bits per heavy atom. The van der Waals surface area contributed by atoms with E-state index in [4.69, 9.17) is 5.73 Å². The molecule has 0 saturated carbocycles. The number of nitro groups is 1. The lowest BCUT2D eigenvalue weighted by atomic mass is 9.56. The third kappa shape index (κ3) is 2.32. The van der Waals surface area contributed by atoms with Gasteiger partial charge in [-0.25, -0.2) is 0 Å². The van der Waals surface area contributed by atoms with Crippen LogP contribution in [-0.2, 0) is 0 Å². The van der Waals surface area contributed by atoms with Crippen LogP contribution in [-0.4, -0.2) is 4.92 Å². The number of allylic oxidation sites excluding steroid dienone is 3. The molecule has 7 nitrogen and oxygen atoms in total. The number of nitrogens with zero attached hydrogens (tertiary/aromatic N) is 4. The fourth-order valence-corrected chi connectivity index (χ4v) is 4.11. The van der Waals surface area contributed by atoms with Crippen molar-refractivity contribution >= 4 is 5.69 Å². The molecule has 0 heterocycles. The molecule has 1 aromatic carbocycles. The zero-order valence-electron chi connectivity index (χ0n) is 13.8. The first-order valence-corrected chi connectivity index (χ1v) is 8.17. The number of rotatable bonds is 2. The second-order valence-electron chi connectivity index (χ2n) is 6.46. The third-order valence-electron chi connectivity index (χ3n) is 5.23. The molecule has 0 aliphatic heterocycles. The normalized spacial score (nSPS) is 23.7. The van der Waals surface area contributed by atoms with E-state index in [9.17, 15) is 25.9 Å². The Morgan fingerprint density at radius 2 is 2.00 bits per heavy atom. The summed E-state index contributed by atoms with van der Waals surface area (Å²) in [5.74, 6) is -0.923. The highest BCUT2D eigenvalue weighted by Gasteiger charge is 2.54. The van der Waals surface area contributed by atoms with E-state index in [-0.39, 0.29) is 22.9 Å². The van der Waals surface area contributed by atoms with E-state index in [1.165, 1.54) is 18.2 Å². The van der Waals surface area contributed by atoms with Gasteiger partial charge in [0.05, 0.1) is 34.4 Å². The van der Waals surface area contributed by atoms with E-state index in [1.54, 1.807) is 6.07 Å². The van der Waals surface area contributed by atoms with E-state index in [2.05, 4.69) is 0 Å². The van der Waals surface area contributed by atoms with Gasteiger partial charge in [-0.2, -0.15) is 15.8 Å². The minimum absolute atomic E-state index is 0.0663. The average molecular weight is 345 g/mol. The molecule has 0 bridgehead atoms. The van der Waals surface area contributed by atoms with Crippen molar-refractivity contribution in [1.29, 1.82) is 15.8 Å². The van der Waals surface area contributed by atoms with E-state index in [1.807, 2.05) is 24.3 Å². The number of fused-ring (bicyclic) bond motifs is 1. The van der Waals surface area contributed by atoms with Crippen molar-refractivity contribution in [3.8, 4) is 18.2 Å². The second kappa shape index (κ2) is 6.35. The molecule has 7 heteroatoms. The van der Waals surface area contributed by atoms with Gasteiger partial charge >= 0.3 is 0 Å². The molecule has 2 aliphatic rings. The van der Waals surface area contributed by atoms with Crippen molar-refractivity contribution in [3.63, 3.8) is 0 Å². The molecule has 0 spiro atoms. The summed E-state index contributed by atoms with van der Waals surface area (Å²) in [5, 5.41) is 40.6. The van der Waals surface area contributed by atoms with Crippen molar-refractivity contribution in [3.05, 3.63) is 62.9 Å². The number of nitro benzene ring substituents is 1. The minimum Gasteiger partial charge on any atom is -0.398 e. The summed E-state index contributed by atoms with van der Waals surface area (Å²) < 4.78 is 0. The molecule has 26 heavy (non-hydrogen) atoms. The van der Waals surface area contributed by atoms with Gasteiger partial charge in [-0.1, -0.05) is 18.2 Å². The van der Waals surface area contributed by atoms with Gasteiger partial charge in [0, 0.05) is 18.1 Å². The molecule has 2 unspecified atom stereocenters. The van der Waals surface area contributed by atoms with Crippen LogP contribution < -0.4 is 5.73 Å². The van der Waals surface area contributed by atoms with Crippen LogP contribution in [0.1, 0.15) is 30.7 Å². The van der Waals surface area contributed by atoms with Gasteiger partial charge in [-0.05, 0) is 36.3 Å². The predicted octanol–water partition coefficient (Wildman–Crippen LogP) is 3.19. The molecule has 2 aliphatic carbocycles. The lowest BCUT2D eigenvalue weighted by Gasteiger charge is -2.43. The first kappa shape index (κ1) is 17.2. The Kier molecular flexibility index (Phi) is 4.20. The fraction of sp³-hybridized carbons (Fsp3) is 0.316. The van der Waals surface area contributed by atoms with E-state index in [0.29, 0.717) is 12.0 Å². The highest BCUT2D eigenvalue weighted by Crippen LogP contribution is 2.56. The molecule has 0 amide bonds. The molecular weight excluding hydrogens is 330 g/mol. The largest absolute Gasteiger partial charge is 0.398 e. The quantitative estimate of drug-likeness (QED) is 0.644. The first-order chi connectivity index (χ1) is 12.5. The van der Waals surface area contributed by atoms with Crippen LogP contribution >= 0.6 is 0 Å². The number of non-ortho nitro benzene ring substituents is 1. The lowest BCUT2D eigenvalue weighted by Crippen LogP contribution is -2.41. The lowest BCUT2D eigenvalue weighted by molar-refractivity contribution is -0.384. The van der Waals surface area contributed by atoms with Gasteiger partial charge in [0.1, 0.15) is 0 Å². The average Bonchev–Trinajstić information content (AvgIpc) is 2.67. The van der Waals surface area contributed by atoms with Gasteiger partial charge in [-0.3, -0.25) is 10.1 Å². The van der Waals surface area contributed by atoms with E-state index >= 15 is 0 Å². The number of hydrogen-bond acceptors (Lipinski definition) is 6. The molecular formula is C19H15N5O2. The van der Waals surface area contributed by atoms with Crippen molar-refractivity contribution in [1.82, 2.24) is 0 Å². The highest BCUT2D eigenvalue weighted by atomic mass is 16.6. The molecule has 1 aromatic rings. The number of nitrogens with two attached hydrogens (primary N) is 1. The third-order valence-corrected chi connectivity index (χ3v) is 5.23. The van der Waals surface area contributed by atoms with Gasteiger partial charge < -0.3 is 5.73 Å². The van der Waals surface area contributed by atoms with Crippen LogP contribution in [0, 0.1) is 55.4 Å². The van der Waals surface area contributed by atoms with E-state index < -0.39 is 16.3 Å². The number of nitriles is 3. The van der Waals surface area contributed by atoms with Crippen LogP contribution in [0.25, 0.3) is 0 Å². The second-order valence-corrected chi connectivity index (χ2v) is 6.46. The van der Waals surface area contributed by atoms with Gasteiger partial charge in [0.25, 0.3) is 5.69 Å². The minimum atomic E-state index is -1.77. The standard InChI is InChI=1S/C19H15N5O2/c20-9-16-18(23)15-7-2-1-6-14(15)17(19(16,10-21)11-22)12-4-3-5-13(8-12)24(25)26/h3-5,7-8,14,17H,1-2,6,23H2. The van der Waals surface area contributed by atoms with Crippen molar-refractivity contribution in [2.45, 2.75) is 25.2 Å². The summed E-state index contributed by atoms with van der Waals surface area (Å²) in [6.45, 7) is 0. The fourth-order valence-electron chi connectivity index (χ4n) is 4.11. The number of benzene rings is 1. The maximum atomic E-state index is 11.2. The first-order valence-electron chi connectivity index (χ1n) is 8.17. The SMILES string of the molecule is N#CC1=C(N)C2=CCCCC2C(c2cccc([N+](=O)[O-])c2)C1(C#N)C#N. The highest BCUT2D eigenvalue weighted by molar-refractivity contribution is 5.59. The van der Waals surface area contributed by atoms with E-state index in [0.717, 1.165) is 18.4 Å². The van der Waals surface area contributed by atoms with Crippen molar-refractivity contribution < 1.29 is 4.92 Å². The molecule has 0 fully saturated rings. The van der Waals surface area contributed by atoms with Gasteiger partial charge in [-0.15, -0.1) is 0 Å². The maximum absolute atomic E-state index is 11.2. The molecule has 0 radical (unpaired) electrons. The van der Waals surface area contributed by atoms with Crippen LogP contribution in [0.3, 0.4) is 0 Å². The maximum Gasteiger partial charge on any atom is 0.269 e. The smallest absolute Gasteiger partial charge is 0.269 e. The molecule has 0 aromatic heterocycles. The summed E-state index contributed by atoms with van der Waals surface area (Å²) in [6, 6.07) is 11.9. The summed E-state index contributed by atoms with van der Waals surface area (Å²) in [5.41, 5.74) is 5.68. The molecule has 2 atom stereocenters. The summed E-state index contributed by atoms with van der Waals surface area (Å²) in [4.78, 5) is 10.7. The Hall–Kier alpha value is -3.63. The van der Waals surface area contributed by atoms with Crippen LogP contribution in [0.15, 0.2) is 47.2 Å². The Morgan fingerprint density at radius 3 is 2.62 bits per heavy atom. The van der Waals surface area contributed by atoms with Crippen LogP contribution in [0.5, 0.6) is 0 Å². The Balaban J connectivity index is 2.33.